The molecule has 0 aromatic heterocycles. The molecule has 1 aliphatic heterocycles. The molecule has 0 N–H and O–H groups in total. The van der Waals surface area contributed by atoms with Crippen molar-refractivity contribution in [3.05, 3.63) is 23.8 Å². The molecule has 1 aromatic carbocycles. The number of rotatable bonds is 4. The highest BCUT2D eigenvalue weighted by atomic mass is 32.2. The molecule has 0 amide bonds. The summed E-state index contributed by atoms with van der Waals surface area (Å²) >= 11 is 1.63. The van der Waals surface area contributed by atoms with Crippen LogP contribution < -0.4 is 14.2 Å². The highest BCUT2D eigenvalue weighted by Crippen LogP contribution is 2.40. The minimum Gasteiger partial charge on any atom is -0.496 e. The maximum atomic E-state index is 5.93. The molecule has 0 bridgehead atoms. The van der Waals surface area contributed by atoms with Gasteiger partial charge in [0, 0.05) is 12.1 Å². The normalized spacial score (nSPS) is 15.8. The van der Waals surface area contributed by atoms with Gasteiger partial charge in [0.15, 0.2) is 0 Å². The van der Waals surface area contributed by atoms with Crippen LogP contribution >= 0.6 is 11.8 Å². The van der Waals surface area contributed by atoms with Gasteiger partial charge in [0.25, 0.3) is 0 Å². The largest absolute Gasteiger partial charge is 0.496 e. The fraction of sp³-hybridized carbons (Fsp3) is 0.429. The minimum atomic E-state index is -0.295. The van der Waals surface area contributed by atoms with Crippen LogP contribution in [0.5, 0.6) is 17.2 Å². The maximum absolute atomic E-state index is 5.93. The zero-order valence-electron chi connectivity index (χ0n) is 11.1. The Bertz CT molecular complexity index is 466. The highest BCUT2D eigenvalue weighted by molar-refractivity contribution is 7.98. The number of hydrogen-bond donors (Lipinski definition) is 0. The first kappa shape index (κ1) is 13.1. The third-order valence-electron chi connectivity index (χ3n) is 2.67. The van der Waals surface area contributed by atoms with Crippen molar-refractivity contribution >= 4 is 17.8 Å². The molecule has 3 nitrogen and oxygen atoms in total. The number of fused-ring (bicyclic) bond motifs is 1. The Labute approximate surface area is 112 Å². The molecule has 98 valence electrons. The van der Waals surface area contributed by atoms with Gasteiger partial charge in [-0.2, -0.15) is 0 Å². The van der Waals surface area contributed by atoms with Gasteiger partial charge in [0.1, 0.15) is 28.8 Å². The summed E-state index contributed by atoms with van der Waals surface area (Å²) in [4.78, 5) is 0. The van der Waals surface area contributed by atoms with E-state index in [1.54, 1.807) is 18.9 Å². The second kappa shape index (κ2) is 5.14. The van der Waals surface area contributed by atoms with Crippen molar-refractivity contribution in [2.45, 2.75) is 19.4 Å². The van der Waals surface area contributed by atoms with Gasteiger partial charge in [-0.05, 0) is 32.3 Å². The Hall–Kier alpha value is -1.29. The monoisotopic (exact) mass is 266 g/mol. The lowest BCUT2D eigenvalue weighted by Gasteiger charge is -2.28. The zero-order chi connectivity index (χ0) is 13.2. The van der Waals surface area contributed by atoms with Crippen LogP contribution in [0.15, 0.2) is 18.2 Å². The van der Waals surface area contributed by atoms with Gasteiger partial charge in [-0.25, -0.2) is 0 Å². The van der Waals surface area contributed by atoms with Crippen molar-refractivity contribution in [2.75, 3.05) is 19.3 Å². The number of ether oxygens (including phenoxy) is 3. The Balaban J connectivity index is 2.38. The molecular weight excluding hydrogens is 248 g/mol. The predicted molar refractivity (Wildman–Crippen MR) is 75.7 cm³/mol. The minimum absolute atomic E-state index is 0.295. The lowest BCUT2D eigenvalue weighted by atomic mass is 10.0. The number of methoxy groups -OCH3 is 1. The molecular formula is C14H18O3S. The van der Waals surface area contributed by atoms with Gasteiger partial charge in [-0.15, -0.1) is 11.8 Å². The SMILES string of the molecule is COc1cc(OCSC)cc2c1C=CC(C)(C)O2. The quantitative estimate of drug-likeness (QED) is 0.779. The van der Waals surface area contributed by atoms with Crippen molar-refractivity contribution in [1.29, 1.82) is 0 Å². The van der Waals surface area contributed by atoms with Crippen LogP contribution in [0, 0.1) is 0 Å². The lowest BCUT2D eigenvalue weighted by molar-refractivity contribution is 0.157. The van der Waals surface area contributed by atoms with Crippen LogP contribution in [0.25, 0.3) is 6.08 Å². The first-order chi connectivity index (χ1) is 8.55. The van der Waals surface area contributed by atoms with Crippen molar-refractivity contribution in [3.8, 4) is 17.2 Å². The summed E-state index contributed by atoms with van der Waals surface area (Å²) in [5.41, 5.74) is 0.671. The summed E-state index contributed by atoms with van der Waals surface area (Å²) in [5, 5.41) is 0. The summed E-state index contributed by atoms with van der Waals surface area (Å²) in [7, 11) is 1.65. The smallest absolute Gasteiger partial charge is 0.135 e. The fourth-order valence-corrected chi connectivity index (χ4v) is 2.06. The van der Waals surface area contributed by atoms with E-state index in [1.165, 1.54) is 0 Å². The Kier molecular flexibility index (Phi) is 3.76. The second-order valence-electron chi connectivity index (χ2n) is 4.63. The van der Waals surface area contributed by atoms with E-state index in [4.69, 9.17) is 14.2 Å². The van der Waals surface area contributed by atoms with Crippen LogP contribution in [0.2, 0.25) is 0 Å². The van der Waals surface area contributed by atoms with E-state index in [1.807, 2.05) is 44.4 Å². The maximum Gasteiger partial charge on any atom is 0.135 e. The Morgan fingerprint density at radius 1 is 1.33 bits per heavy atom. The number of thioether (sulfide) groups is 1. The van der Waals surface area contributed by atoms with Gasteiger partial charge in [-0.1, -0.05) is 0 Å². The van der Waals surface area contributed by atoms with Gasteiger partial charge in [0.2, 0.25) is 0 Å². The molecule has 0 fully saturated rings. The fourth-order valence-electron chi connectivity index (χ4n) is 1.81. The molecule has 0 aliphatic carbocycles. The molecule has 0 saturated carbocycles. The van der Waals surface area contributed by atoms with Crippen molar-refractivity contribution < 1.29 is 14.2 Å². The molecule has 1 aliphatic rings. The Morgan fingerprint density at radius 2 is 2.11 bits per heavy atom. The molecule has 4 heteroatoms. The third kappa shape index (κ3) is 2.75. The second-order valence-corrected chi connectivity index (χ2v) is 5.44. The third-order valence-corrected chi connectivity index (χ3v) is 3.02. The van der Waals surface area contributed by atoms with E-state index in [0.29, 0.717) is 5.94 Å². The average molecular weight is 266 g/mol. The molecule has 0 radical (unpaired) electrons. The van der Waals surface area contributed by atoms with Crippen LogP contribution in [0.4, 0.5) is 0 Å². The van der Waals surface area contributed by atoms with Crippen molar-refractivity contribution in [3.63, 3.8) is 0 Å². The first-order valence-corrected chi connectivity index (χ1v) is 7.17. The Morgan fingerprint density at radius 3 is 2.78 bits per heavy atom. The highest BCUT2D eigenvalue weighted by Gasteiger charge is 2.24. The van der Waals surface area contributed by atoms with Gasteiger partial charge < -0.3 is 14.2 Å². The topological polar surface area (TPSA) is 27.7 Å². The van der Waals surface area contributed by atoms with Crippen LogP contribution in [-0.4, -0.2) is 24.9 Å². The van der Waals surface area contributed by atoms with Crippen molar-refractivity contribution in [1.82, 2.24) is 0 Å². The molecule has 0 atom stereocenters. The summed E-state index contributed by atoms with van der Waals surface area (Å²) in [6, 6.07) is 3.81. The summed E-state index contributed by atoms with van der Waals surface area (Å²) in [5.74, 6) is 2.96. The number of benzene rings is 1. The van der Waals surface area contributed by atoms with Crippen LogP contribution in [0.1, 0.15) is 19.4 Å². The van der Waals surface area contributed by atoms with Crippen LogP contribution in [0.3, 0.4) is 0 Å². The van der Waals surface area contributed by atoms with E-state index in [9.17, 15) is 0 Å². The van der Waals surface area contributed by atoms with E-state index in [2.05, 4.69) is 0 Å². The van der Waals surface area contributed by atoms with Gasteiger partial charge in [-0.3, -0.25) is 0 Å². The number of hydrogen-bond acceptors (Lipinski definition) is 4. The van der Waals surface area contributed by atoms with Gasteiger partial charge >= 0.3 is 0 Å². The summed E-state index contributed by atoms with van der Waals surface area (Å²) in [6.07, 6.45) is 6.06. The van der Waals surface area contributed by atoms with Gasteiger partial charge in [0.05, 0.1) is 12.7 Å². The standard InChI is InChI=1S/C14H18O3S/c1-14(2)6-5-11-12(15-3)7-10(16-9-18-4)8-13(11)17-14/h5-8H,9H2,1-4H3. The van der Waals surface area contributed by atoms with E-state index < -0.39 is 0 Å². The molecule has 0 saturated heterocycles. The molecule has 0 unspecified atom stereocenters. The molecule has 1 heterocycles. The zero-order valence-corrected chi connectivity index (χ0v) is 12.0. The lowest BCUT2D eigenvalue weighted by Crippen LogP contribution is -2.27. The van der Waals surface area contributed by atoms with Crippen LogP contribution in [-0.2, 0) is 0 Å². The first-order valence-electron chi connectivity index (χ1n) is 5.78. The molecule has 1 aromatic rings. The van der Waals surface area contributed by atoms with E-state index >= 15 is 0 Å². The molecule has 0 spiro atoms. The van der Waals surface area contributed by atoms with E-state index in [0.717, 1.165) is 22.8 Å². The predicted octanol–water partition coefficient (Wildman–Crippen LogP) is 3.58. The average Bonchev–Trinajstić information content (AvgIpc) is 2.33. The summed E-state index contributed by atoms with van der Waals surface area (Å²) < 4.78 is 16.9. The van der Waals surface area contributed by atoms with E-state index in [-0.39, 0.29) is 5.60 Å². The van der Waals surface area contributed by atoms with Crippen molar-refractivity contribution in [2.24, 2.45) is 0 Å². The molecule has 18 heavy (non-hydrogen) atoms. The summed E-state index contributed by atoms with van der Waals surface area (Å²) in [6.45, 7) is 4.04. The molecule has 2 rings (SSSR count).